The molecule has 0 saturated heterocycles. The summed E-state index contributed by atoms with van der Waals surface area (Å²) in [6.07, 6.45) is 4.87. The van der Waals surface area contributed by atoms with Crippen LogP contribution in [0, 0.1) is 34.5 Å². The molecule has 0 aromatic heterocycles. The molecule has 1 aromatic carbocycles. The fourth-order valence-corrected chi connectivity index (χ4v) is 8.80. The maximum absolute atomic E-state index is 13.5. The van der Waals surface area contributed by atoms with Crippen molar-refractivity contribution in [3.05, 3.63) is 29.8 Å². The van der Waals surface area contributed by atoms with E-state index in [1.807, 2.05) is 24.3 Å². The van der Waals surface area contributed by atoms with Gasteiger partial charge in [-0.05, 0) is 79.5 Å². The minimum atomic E-state index is -0.506. The summed E-state index contributed by atoms with van der Waals surface area (Å²) in [4.78, 5) is 39.8. The minimum Gasteiger partial charge on any atom is -0.461 e. The summed E-state index contributed by atoms with van der Waals surface area (Å²) in [6.45, 7) is 9.78. The highest BCUT2D eigenvalue weighted by atomic mass is 32.2. The highest BCUT2D eigenvalue weighted by molar-refractivity contribution is 8.00. The largest absolute Gasteiger partial charge is 0.461 e. The van der Waals surface area contributed by atoms with Crippen molar-refractivity contribution in [3.8, 4) is 0 Å². The van der Waals surface area contributed by atoms with E-state index in [0.29, 0.717) is 32.4 Å². The first-order valence-electron chi connectivity index (χ1n) is 15.2. The Morgan fingerprint density at radius 3 is 2.60 bits per heavy atom. The lowest BCUT2D eigenvalue weighted by Gasteiger charge is -2.60. The summed E-state index contributed by atoms with van der Waals surface area (Å²) in [5.41, 5.74) is 5.72. The van der Waals surface area contributed by atoms with Crippen LogP contribution in [0.1, 0.15) is 78.2 Å². The highest BCUT2D eigenvalue weighted by Gasteiger charge is 2.67. The summed E-state index contributed by atoms with van der Waals surface area (Å²) in [5.74, 6) is 0.274. The van der Waals surface area contributed by atoms with Crippen LogP contribution in [-0.4, -0.2) is 53.8 Å². The molecule has 3 fully saturated rings. The topological polar surface area (TPSA) is 119 Å². The fraction of sp³-hybridized carbons (Fsp3) is 0.719. The number of ketones is 1. The number of carbonyl (C=O) groups excluding carboxylic acids is 3. The third kappa shape index (κ3) is 6.00. The summed E-state index contributed by atoms with van der Waals surface area (Å²) in [5, 5.41) is 14.3. The van der Waals surface area contributed by atoms with E-state index in [0.717, 1.165) is 42.6 Å². The van der Waals surface area contributed by atoms with Crippen molar-refractivity contribution in [1.29, 1.82) is 0 Å². The van der Waals surface area contributed by atoms with Crippen molar-refractivity contribution in [2.24, 2.45) is 40.2 Å². The van der Waals surface area contributed by atoms with Crippen LogP contribution in [-0.2, 0) is 25.5 Å². The monoisotopic (exact) mass is 572 g/mol. The average molecular weight is 573 g/mol. The predicted octanol–water partition coefficient (Wildman–Crippen LogP) is 4.53. The molecule has 8 atom stereocenters. The first-order chi connectivity index (χ1) is 19.1. The van der Waals surface area contributed by atoms with Crippen LogP contribution >= 0.6 is 11.8 Å². The van der Waals surface area contributed by atoms with Gasteiger partial charge in [-0.1, -0.05) is 46.2 Å². The summed E-state index contributed by atoms with van der Waals surface area (Å²) in [6, 6.07) is 7.68. The Balaban J connectivity index is 1.45. The number of ether oxygens (including phenoxy) is 1. The molecule has 3 saturated carbocycles. The molecule has 40 heavy (non-hydrogen) atoms. The number of nitrogens with one attached hydrogen (secondary N) is 1. The molecule has 0 aliphatic heterocycles. The first kappa shape index (κ1) is 31.0. The van der Waals surface area contributed by atoms with E-state index in [-0.39, 0.29) is 52.5 Å². The molecule has 0 spiro atoms. The molecule has 222 valence electrons. The van der Waals surface area contributed by atoms with Crippen molar-refractivity contribution >= 4 is 29.4 Å². The molecule has 3 aliphatic rings. The number of hydrogen-bond donors (Lipinski definition) is 3. The van der Waals surface area contributed by atoms with Crippen LogP contribution in [0.2, 0.25) is 0 Å². The molecule has 1 aromatic rings. The van der Waals surface area contributed by atoms with Crippen molar-refractivity contribution in [1.82, 2.24) is 5.32 Å². The maximum Gasteiger partial charge on any atom is 0.316 e. The minimum absolute atomic E-state index is 0.0265. The van der Waals surface area contributed by atoms with Crippen LogP contribution in [0.25, 0.3) is 0 Å². The molecule has 1 amide bonds. The zero-order valence-corrected chi connectivity index (χ0v) is 25.4. The number of nitrogens with two attached hydrogens (primary N) is 1. The van der Waals surface area contributed by atoms with E-state index in [1.54, 1.807) is 0 Å². The van der Waals surface area contributed by atoms with Crippen molar-refractivity contribution in [2.45, 2.75) is 96.2 Å². The average Bonchev–Trinajstić information content (AvgIpc) is 3.29. The lowest BCUT2D eigenvalue weighted by atomic mass is 9.45. The van der Waals surface area contributed by atoms with E-state index < -0.39 is 17.6 Å². The quantitative estimate of drug-likeness (QED) is 0.214. The van der Waals surface area contributed by atoms with Crippen LogP contribution in [0.15, 0.2) is 29.2 Å². The van der Waals surface area contributed by atoms with Gasteiger partial charge >= 0.3 is 5.97 Å². The molecule has 2 bridgehead atoms. The number of benzene rings is 1. The lowest BCUT2D eigenvalue weighted by Crippen LogP contribution is -2.61. The normalized spacial score (nSPS) is 35.4. The molecule has 0 radical (unpaired) electrons. The molecule has 4 rings (SSSR count). The summed E-state index contributed by atoms with van der Waals surface area (Å²) < 4.78 is 6.31. The molecule has 3 aliphatic carbocycles. The number of Topliss-reactive ketones (excluding diaryl/α,β-unsaturated/α-hetero) is 1. The van der Waals surface area contributed by atoms with Crippen LogP contribution in [0.3, 0.4) is 0 Å². The Labute approximate surface area is 243 Å². The Bertz CT molecular complexity index is 1060. The Morgan fingerprint density at radius 2 is 1.93 bits per heavy atom. The van der Waals surface area contributed by atoms with Crippen LogP contribution in [0.5, 0.6) is 0 Å². The van der Waals surface area contributed by atoms with Gasteiger partial charge in [-0.3, -0.25) is 14.4 Å². The van der Waals surface area contributed by atoms with Crippen molar-refractivity contribution in [3.63, 3.8) is 0 Å². The second-order valence-corrected chi connectivity index (χ2v) is 13.8. The van der Waals surface area contributed by atoms with Crippen molar-refractivity contribution in [2.75, 3.05) is 18.8 Å². The zero-order chi connectivity index (χ0) is 29.1. The summed E-state index contributed by atoms with van der Waals surface area (Å²) in [7, 11) is 0. The molecule has 8 heteroatoms. The van der Waals surface area contributed by atoms with Crippen LogP contribution in [0.4, 0.5) is 0 Å². The molecule has 4 N–H and O–H groups in total. The number of carbonyl (C=O) groups is 3. The molecular weight excluding hydrogens is 524 g/mol. The second-order valence-electron chi connectivity index (χ2n) is 12.7. The third-order valence-corrected chi connectivity index (χ3v) is 11.7. The highest BCUT2D eigenvalue weighted by Crippen LogP contribution is 2.67. The number of thioether (sulfide) groups is 1. The number of esters is 1. The van der Waals surface area contributed by atoms with Crippen LogP contribution < -0.4 is 11.1 Å². The number of aliphatic hydroxyl groups excluding tert-OH is 1. The Kier molecular flexibility index (Phi) is 10.1. The van der Waals surface area contributed by atoms with E-state index in [4.69, 9.17) is 10.5 Å². The maximum atomic E-state index is 13.5. The third-order valence-electron chi connectivity index (χ3n) is 10.7. The molecule has 0 heterocycles. The van der Waals surface area contributed by atoms with Gasteiger partial charge in [-0.2, -0.15) is 0 Å². The van der Waals surface area contributed by atoms with Gasteiger partial charge in [-0.15, -0.1) is 11.8 Å². The Hall–Kier alpha value is -1.90. The summed E-state index contributed by atoms with van der Waals surface area (Å²) >= 11 is 1.41. The van der Waals surface area contributed by atoms with Gasteiger partial charge in [0.05, 0.1) is 18.3 Å². The lowest BCUT2D eigenvalue weighted by molar-refractivity contribution is -0.199. The predicted molar refractivity (Wildman–Crippen MR) is 158 cm³/mol. The van der Waals surface area contributed by atoms with Gasteiger partial charge in [-0.25, -0.2) is 0 Å². The number of amides is 1. The SMILES string of the molecule is CC[C@H]1C[C@H](OC(=O)CSc2ccc(CC(=O)NCCCN)cc2)[C@]2(C)[C@H](C)CC[C@]3(CCC(=O)[C@H]32)[C@@H](C)[C@@H]1O. The van der Waals surface area contributed by atoms with Gasteiger partial charge < -0.3 is 20.9 Å². The number of aliphatic hydroxyl groups is 1. The van der Waals surface area contributed by atoms with E-state index >= 15 is 0 Å². The van der Waals surface area contributed by atoms with E-state index in [1.165, 1.54) is 11.8 Å². The van der Waals surface area contributed by atoms with Crippen molar-refractivity contribution < 1.29 is 24.2 Å². The standard InChI is InChI=1S/C32H48N2O5S/c1-5-23-18-26(31(4)20(2)11-13-32(21(3)29(23)38)14-12-25(35)30(31)32)39-28(37)19-40-24-9-7-22(8-10-24)17-27(36)34-16-6-15-33/h7-10,20-21,23,26,29-30,38H,5-6,11-19,33H2,1-4H3,(H,34,36)/t20-,21+,23+,26+,29+,30+,31+,32+/m1/s1. The van der Waals surface area contributed by atoms with Gasteiger partial charge in [0.15, 0.2) is 0 Å². The number of hydrogen-bond acceptors (Lipinski definition) is 7. The first-order valence-corrected chi connectivity index (χ1v) is 16.1. The number of rotatable bonds is 10. The Morgan fingerprint density at radius 1 is 1.20 bits per heavy atom. The molecule has 0 unspecified atom stereocenters. The van der Waals surface area contributed by atoms with E-state index in [2.05, 4.69) is 33.0 Å². The second kappa shape index (κ2) is 13.0. The smallest absolute Gasteiger partial charge is 0.316 e. The van der Waals surface area contributed by atoms with E-state index in [9.17, 15) is 19.5 Å². The molecule has 7 nitrogen and oxygen atoms in total. The fourth-order valence-electron chi connectivity index (χ4n) is 8.12. The van der Waals surface area contributed by atoms with Gasteiger partial charge in [0.1, 0.15) is 11.9 Å². The van der Waals surface area contributed by atoms with Gasteiger partial charge in [0.25, 0.3) is 0 Å². The molecular formula is C32H48N2O5S. The zero-order valence-electron chi connectivity index (χ0n) is 24.6. The van der Waals surface area contributed by atoms with Gasteiger partial charge in [0, 0.05) is 29.2 Å². The van der Waals surface area contributed by atoms with Gasteiger partial charge in [0.2, 0.25) is 5.91 Å².